The van der Waals surface area contributed by atoms with Gasteiger partial charge in [0.25, 0.3) is 0 Å². The molecule has 0 bridgehead atoms. The summed E-state index contributed by atoms with van der Waals surface area (Å²) in [5, 5.41) is 14.7. The number of nitrogen functional groups attached to an aromatic ring is 1. The monoisotopic (exact) mass is 349 g/mol. The Bertz CT molecular complexity index is 1100. The molecule has 4 aromatic heterocycles. The highest BCUT2D eigenvalue weighted by Crippen LogP contribution is 2.19. The van der Waals surface area contributed by atoms with Gasteiger partial charge in [0.15, 0.2) is 17.2 Å². The van der Waals surface area contributed by atoms with E-state index in [1.54, 1.807) is 49.9 Å². The fraction of sp³-hybridized carbons (Fsp3) is 0.167. The number of hydrogen-bond donors (Lipinski definition) is 2. The molecular weight excluding hydrogens is 334 g/mol. The maximum absolute atomic E-state index is 10.4. The summed E-state index contributed by atoms with van der Waals surface area (Å²) in [6, 6.07) is 7.05. The molecule has 4 heterocycles. The summed E-state index contributed by atoms with van der Waals surface area (Å²) >= 11 is 0. The fourth-order valence-corrected chi connectivity index (χ4v) is 2.48. The van der Waals surface area contributed by atoms with E-state index in [9.17, 15) is 5.11 Å². The van der Waals surface area contributed by atoms with Crippen molar-refractivity contribution < 1.29 is 13.9 Å². The molecule has 130 valence electrons. The number of aromatic nitrogens is 4. The highest BCUT2D eigenvalue weighted by Gasteiger charge is 2.19. The lowest BCUT2D eigenvalue weighted by atomic mass is 10.0. The van der Waals surface area contributed by atoms with E-state index >= 15 is 0 Å². The minimum atomic E-state index is -1.27. The summed E-state index contributed by atoms with van der Waals surface area (Å²) in [5.41, 5.74) is 5.46. The van der Waals surface area contributed by atoms with Crippen molar-refractivity contribution in [3.8, 4) is 23.4 Å². The van der Waals surface area contributed by atoms with Crippen LogP contribution in [-0.4, -0.2) is 30.3 Å². The van der Waals surface area contributed by atoms with Gasteiger partial charge in [-0.2, -0.15) is 0 Å². The van der Waals surface area contributed by atoms with E-state index in [2.05, 4.69) is 26.9 Å². The molecule has 0 radical (unpaired) electrons. The summed E-state index contributed by atoms with van der Waals surface area (Å²) in [6.07, 6.45) is 4.95. The lowest BCUT2D eigenvalue weighted by Crippen LogP contribution is -2.24. The third kappa shape index (κ3) is 3.16. The lowest BCUT2D eigenvalue weighted by molar-refractivity contribution is 0.116. The quantitative estimate of drug-likeness (QED) is 0.543. The molecule has 8 nitrogen and oxygen atoms in total. The standard InChI is InChI=1S/C18H15N5O3/c1-18(24,10-13-4-2-8-25-13)7-6-12-11-23-17(15(19)20-12)21-16(22-23)14-5-3-9-26-14/h2-5,8-9,11,24H,10H2,1H3,(H2,19,20). The van der Waals surface area contributed by atoms with Crippen LogP contribution in [0.15, 0.2) is 51.8 Å². The van der Waals surface area contributed by atoms with Crippen LogP contribution >= 0.6 is 0 Å². The van der Waals surface area contributed by atoms with E-state index in [1.165, 1.54) is 4.52 Å². The van der Waals surface area contributed by atoms with E-state index in [4.69, 9.17) is 14.6 Å². The molecule has 0 saturated carbocycles. The van der Waals surface area contributed by atoms with Crippen molar-refractivity contribution in [3.05, 3.63) is 54.4 Å². The van der Waals surface area contributed by atoms with Crippen molar-refractivity contribution in [2.24, 2.45) is 0 Å². The van der Waals surface area contributed by atoms with Crippen molar-refractivity contribution in [1.29, 1.82) is 0 Å². The van der Waals surface area contributed by atoms with Gasteiger partial charge in [0.05, 0.1) is 18.7 Å². The van der Waals surface area contributed by atoms with E-state index in [0.29, 0.717) is 28.7 Å². The number of anilines is 1. The van der Waals surface area contributed by atoms with Gasteiger partial charge in [-0.1, -0.05) is 5.92 Å². The van der Waals surface area contributed by atoms with Crippen LogP contribution < -0.4 is 5.73 Å². The summed E-state index contributed by atoms with van der Waals surface area (Å²) in [5.74, 6) is 7.38. The van der Waals surface area contributed by atoms with Crippen LogP contribution in [0.5, 0.6) is 0 Å². The lowest BCUT2D eigenvalue weighted by Gasteiger charge is -2.13. The Morgan fingerprint density at radius 1 is 1.23 bits per heavy atom. The van der Waals surface area contributed by atoms with Crippen LogP contribution in [0.1, 0.15) is 18.4 Å². The van der Waals surface area contributed by atoms with Crippen LogP contribution in [0.25, 0.3) is 17.2 Å². The first-order valence-electron chi connectivity index (χ1n) is 7.85. The largest absolute Gasteiger partial charge is 0.469 e. The molecule has 8 heteroatoms. The van der Waals surface area contributed by atoms with Crippen LogP contribution in [0.4, 0.5) is 5.82 Å². The average molecular weight is 349 g/mol. The predicted molar refractivity (Wildman–Crippen MR) is 92.8 cm³/mol. The van der Waals surface area contributed by atoms with E-state index < -0.39 is 5.60 Å². The topological polar surface area (TPSA) is 116 Å². The Hall–Kier alpha value is -3.57. The van der Waals surface area contributed by atoms with Crippen LogP contribution in [0.3, 0.4) is 0 Å². The Kier molecular flexibility index (Phi) is 3.71. The maximum atomic E-state index is 10.4. The average Bonchev–Trinajstić information content (AvgIpc) is 3.33. The summed E-state index contributed by atoms with van der Waals surface area (Å²) < 4.78 is 12.0. The Labute approximate surface area is 148 Å². The molecule has 4 rings (SSSR count). The first-order valence-corrected chi connectivity index (χ1v) is 7.85. The van der Waals surface area contributed by atoms with Gasteiger partial charge in [-0.25, -0.2) is 14.5 Å². The molecule has 0 amide bonds. The zero-order chi connectivity index (χ0) is 18.1. The molecule has 1 atom stereocenters. The molecule has 26 heavy (non-hydrogen) atoms. The highest BCUT2D eigenvalue weighted by atomic mass is 16.3. The van der Waals surface area contributed by atoms with Crippen molar-refractivity contribution in [2.75, 3.05) is 5.73 Å². The summed E-state index contributed by atoms with van der Waals surface area (Å²) in [4.78, 5) is 8.53. The number of furan rings is 2. The number of fused-ring (bicyclic) bond motifs is 1. The molecule has 0 spiro atoms. The second-order valence-electron chi connectivity index (χ2n) is 5.97. The van der Waals surface area contributed by atoms with Gasteiger partial charge in [0, 0.05) is 6.42 Å². The molecule has 4 aromatic rings. The first-order chi connectivity index (χ1) is 12.5. The van der Waals surface area contributed by atoms with Gasteiger partial charge in [-0.3, -0.25) is 0 Å². The SMILES string of the molecule is CC(O)(C#Cc1cn2nc(-c3ccco3)nc2c(N)n1)Cc1ccco1. The van der Waals surface area contributed by atoms with Gasteiger partial charge in [0.2, 0.25) is 5.82 Å². The molecule has 0 aliphatic heterocycles. The molecule has 0 aliphatic carbocycles. The molecule has 0 aliphatic rings. The van der Waals surface area contributed by atoms with Crippen molar-refractivity contribution >= 4 is 11.5 Å². The van der Waals surface area contributed by atoms with Crippen LogP contribution in [0, 0.1) is 11.8 Å². The molecule has 0 fully saturated rings. The third-order valence-corrected chi connectivity index (χ3v) is 3.65. The van der Waals surface area contributed by atoms with Gasteiger partial charge in [-0.05, 0) is 37.1 Å². The highest BCUT2D eigenvalue weighted by molar-refractivity contribution is 5.63. The number of nitrogens with zero attached hydrogens (tertiary/aromatic N) is 4. The smallest absolute Gasteiger partial charge is 0.218 e. The number of nitrogens with two attached hydrogens (primary N) is 1. The van der Waals surface area contributed by atoms with Gasteiger partial charge < -0.3 is 19.7 Å². The van der Waals surface area contributed by atoms with Gasteiger partial charge in [0.1, 0.15) is 17.1 Å². The molecule has 1 unspecified atom stereocenters. The number of aliphatic hydroxyl groups is 1. The van der Waals surface area contributed by atoms with Crippen molar-refractivity contribution in [3.63, 3.8) is 0 Å². The Balaban J connectivity index is 1.65. The van der Waals surface area contributed by atoms with Gasteiger partial charge >= 0.3 is 0 Å². The zero-order valence-electron chi connectivity index (χ0n) is 13.9. The number of hydrogen-bond acceptors (Lipinski definition) is 7. The molecular formula is C18H15N5O3. The van der Waals surface area contributed by atoms with Crippen molar-refractivity contribution in [1.82, 2.24) is 19.6 Å². The van der Waals surface area contributed by atoms with Crippen molar-refractivity contribution in [2.45, 2.75) is 18.9 Å². The van der Waals surface area contributed by atoms with E-state index in [0.717, 1.165) is 0 Å². The third-order valence-electron chi connectivity index (χ3n) is 3.65. The van der Waals surface area contributed by atoms with Gasteiger partial charge in [-0.15, -0.1) is 5.10 Å². The normalized spacial score (nSPS) is 13.3. The number of rotatable bonds is 3. The minimum Gasteiger partial charge on any atom is -0.469 e. The maximum Gasteiger partial charge on any atom is 0.218 e. The molecule has 0 saturated heterocycles. The summed E-state index contributed by atoms with van der Waals surface area (Å²) in [6.45, 7) is 1.61. The second kappa shape index (κ2) is 6.06. The second-order valence-corrected chi connectivity index (χ2v) is 5.97. The minimum absolute atomic E-state index is 0.188. The Morgan fingerprint density at radius 3 is 2.77 bits per heavy atom. The Morgan fingerprint density at radius 2 is 2.04 bits per heavy atom. The van der Waals surface area contributed by atoms with Crippen LogP contribution in [0.2, 0.25) is 0 Å². The van der Waals surface area contributed by atoms with E-state index in [1.807, 2.05) is 0 Å². The molecule has 3 N–H and O–H groups in total. The fourth-order valence-electron chi connectivity index (χ4n) is 2.48. The van der Waals surface area contributed by atoms with Crippen LogP contribution in [-0.2, 0) is 6.42 Å². The van der Waals surface area contributed by atoms with E-state index in [-0.39, 0.29) is 12.2 Å². The first kappa shape index (κ1) is 15.9. The summed E-state index contributed by atoms with van der Waals surface area (Å²) in [7, 11) is 0. The predicted octanol–water partition coefficient (Wildman–Crippen LogP) is 1.90. The zero-order valence-corrected chi connectivity index (χ0v) is 13.9. The molecule has 0 aromatic carbocycles.